The number of nitrogens with one attached hydrogen (secondary N) is 1. The molecule has 0 spiro atoms. The lowest BCUT2D eigenvalue weighted by Gasteiger charge is -2.13. The first kappa shape index (κ1) is 15.1. The Balaban J connectivity index is 2.26. The van der Waals surface area contributed by atoms with Gasteiger partial charge in [-0.2, -0.15) is 4.98 Å². The molecule has 0 aliphatic carbocycles. The van der Waals surface area contributed by atoms with E-state index >= 15 is 0 Å². The number of aromatic nitrogens is 3. The molecule has 1 atom stereocenters. The van der Waals surface area contributed by atoms with Crippen LogP contribution < -0.4 is 5.32 Å². The quantitative estimate of drug-likeness (QED) is 0.939. The second-order valence-electron chi connectivity index (χ2n) is 6.09. The second-order valence-corrected chi connectivity index (χ2v) is 7.09. The van der Waals surface area contributed by atoms with Crippen molar-refractivity contribution in [1.29, 1.82) is 0 Å². The molecule has 0 aliphatic heterocycles. The molecule has 0 saturated carbocycles. The number of thiazole rings is 1. The van der Waals surface area contributed by atoms with Crippen LogP contribution in [-0.2, 0) is 11.8 Å². The smallest absolute Gasteiger partial charge is 0.269 e. The molecule has 2 rings (SSSR count). The zero-order chi connectivity index (χ0) is 14.9. The molecular weight excluding hydrogens is 272 g/mol. The van der Waals surface area contributed by atoms with E-state index in [0.29, 0.717) is 11.9 Å². The van der Waals surface area contributed by atoms with Crippen molar-refractivity contribution < 1.29 is 4.52 Å². The van der Waals surface area contributed by atoms with E-state index in [1.54, 1.807) is 11.3 Å². The predicted octanol–water partition coefficient (Wildman–Crippen LogP) is 2.95. The van der Waals surface area contributed by atoms with Gasteiger partial charge in [0.05, 0.1) is 10.7 Å². The van der Waals surface area contributed by atoms with Gasteiger partial charge in [-0.05, 0) is 20.9 Å². The van der Waals surface area contributed by atoms with Gasteiger partial charge in [0.1, 0.15) is 4.88 Å². The molecular formula is C14H22N4OS. The molecule has 2 heterocycles. The summed E-state index contributed by atoms with van der Waals surface area (Å²) in [6.07, 6.45) is 0.754. The molecule has 0 bridgehead atoms. The standard InChI is InChI=1S/C14H22N4OS/c1-8(15-6)7-10-17-12(19-18-10)11-9(2)16-13(20-11)14(3,4)5/h8,15H,7H2,1-6H3. The summed E-state index contributed by atoms with van der Waals surface area (Å²) in [5.41, 5.74) is 0.994. The number of aryl methyl sites for hydroxylation is 1. The molecule has 2 aromatic heterocycles. The van der Waals surface area contributed by atoms with Crippen LogP contribution in [0.15, 0.2) is 4.52 Å². The van der Waals surface area contributed by atoms with Crippen LogP contribution in [0.5, 0.6) is 0 Å². The van der Waals surface area contributed by atoms with Gasteiger partial charge >= 0.3 is 0 Å². The fourth-order valence-corrected chi connectivity index (χ4v) is 2.77. The fraction of sp³-hybridized carbons (Fsp3) is 0.643. The van der Waals surface area contributed by atoms with Crippen LogP contribution in [0.3, 0.4) is 0 Å². The number of likely N-dealkylation sites (N-methyl/N-ethyl adjacent to an activating group) is 1. The van der Waals surface area contributed by atoms with Gasteiger partial charge in [-0.25, -0.2) is 4.98 Å². The van der Waals surface area contributed by atoms with Crippen molar-refractivity contribution in [3.05, 3.63) is 16.5 Å². The van der Waals surface area contributed by atoms with Gasteiger partial charge < -0.3 is 9.84 Å². The van der Waals surface area contributed by atoms with Crippen LogP contribution >= 0.6 is 11.3 Å². The van der Waals surface area contributed by atoms with Gasteiger partial charge in [-0.3, -0.25) is 0 Å². The van der Waals surface area contributed by atoms with E-state index in [1.807, 2.05) is 14.0 Å². The lowest BCUT2D eigenvalue weighted by Crippen LogP contribution is -2.24. The highest BCUT2D eigenvalue weighted by Crippen LogP contribution is 2.34. The summed E-state index contributed by atoms with van der Waals surface area (Å²) in [7, 11) is 1.93. The van der Waals surface area contributed by atoms with Crippen molar-refractivity contribution in [2.45, 2.75) is 52.5 Å². The van der Waals surface area contributed by atoms with Gasteiger partial charge in [0.2, 0.25) is 0 Å². The zero-order valence-electron chi connectivity index (χ0n) is 12.9. The Morgan fingerprint density at radius 1 is 1.30 bits per heavy atom. The minimum atomic E-state index is 0.0389. The number of nitrogens with zero attached hydrogens (tertiary/aromatic N) is 3. The van der Waals surface area contributed by atoms with Crippen LogP contribution in [0.25, 0.3) is 10.8 Å². The van der Waals surface area contributed by atoms with Crippen molar-refractivity contribution in [2.24, 2.45) is 0 Å². The summed E-state index contributed by atoms with van der Waals surface area (Å²) in [4.78, 5) is 10.1. The summed E-state index contributed by atoms with van der Waals surface area (Å²) >= 11 is 1.63. The van der Waals surface area contributed by atoms with Crippen LogP contribution in [0.1, 0.15) is 44.2 Å². The Morgan fingerprint density at radius 3 is 2.55 bits per heavy atom. The van der Waals surface area contributed by atoms with E-state index in [1.165, 1.54) is 0 Å². The van der Waals surface area contributed by atoms with Gasteiger partial charge in [0.25, 0.3) is 5.89 Å². The molecule has 0 radical (unpaired) electrons. The first-order chi connectivity index (χ1) is 9.31. The molecule has 0 saturated heterocycles. The van der Waals surface area contributed by atoms with E-state index in [2.05, 4.69) is 48.1 Å². The van der Waals surface area contributed by atoms with Crippen molar-refractivity contribution in [2.75, 3.05) is 7.05 Å². The van der Waals surface area contributed by atoms with Crippen molar-refractivity contribution in [3.8, 4) is 10.8 Å². The molecule has 1 N–H and O–H groups in total. The average molecular weight is 294 g/mol. The third-order valence-corrected chi connectivity index (χ3v) is 4.65. The highest BCUT2D eigenvalue weighted by Gasteiger charge is 2.23. The van der Waals surface area contributed by atoms with Crippen LogP contribution in [-0.4, -0.2) is 28.2 Å². The van der Waals surface area contributed by atoms with Gasteiger partial charge in [0.15, 0.2) is 5.82 Å². The van der Waals surface area contributed by atoms with Crippen LogP contribution in [0.4, 0.5) is 0 Å². The number of hydrogen-bond donors (Lipinski definition) is 1. The van der Waals surface area contributed by atoms with Crippen LogP contribution in [0.2, 0.25) is 0 Å². The predicted molar refractivity (Wildman–Crippen MR) is 81.1 cm³/mol. The third-order valence-electron chi connectivity index (χ3n) is 3.08. The summed E-state index contributed by atoms with van der Waals surface area (Å²) in [5, 5.41) is 8.30. The monoisotopic (exact) mass is 294 g/mol. The maximum absolute atomic E-state index is 5.38. The van der Waals surface area contributed by atoms with E-state index in [0.717, 1.165) is 27.8 Å². The highest BCUT2D eigenvalue weighted by atomic mass is 32.1. The highest BCUT2D eigenvalue weighted by molar-refractivity contribution is 7.15. The Bertz CT molecular complexity index is 582. The minimum Gasteiger partial charge on any atom is -0.333 e. The summed E-state index contributed by atoms with van der Waals surface area (Å²) < 4.78 is 5.38. The second kappa shape index (κ2) is 5.61. The van der Waals surface area contributed by atoms with Gasteiger partial charge in [-0.1, -0.05) is 25.9 Å². The third kappa shape index (κ3) is 3.24. The topological polar surface area (TPSA) is 63.8 Å². The Kier molecular flexibility index (Phi) is 4.25. The maximum Gasteiger partial charge on any atom is 0.269 e. The van der Waals surface area contributed by atoms with E-state index < -0.39 is 0 Å². The maximum atomic E-state index is 5.38. The summed E-state index contributed by atoms with van der Waals surface area (Å²) in [6, 6.07) is 0.327. The Hall–Kier alpha value is -1.27. The van der Waals surface area contributed by atoms with E-state index in [9.17, 15) is 0 Å². The average Bonchev–Trinajstić information content (AvgIpc) is 2.94. The molecule has 0 fully saturated rings. The number of rotatable bonds is 4. The summed E-state index contributed by atoms with van der Waals surface area (Å²) in [6.45, 7) is 10.5. The van der Waals surface area contributed by atoms with E-state index in [4.69, 9.17) is 4.52 Å². The number of hydrogen-bond acceptors (Lipinski definition) is 6. The molecule has 20 heavy (non-hydrogen) atoms. The SMILES string of the molecule is CNC(C)Cc1noc(-c2sc(C(C)(C)C)nc2C)n1. The molecule has 2 aromatic rings. The molecule has 1 unspecified atom stereocenters. The molecule has 5 nitrogen and oxygen atoms in total. The minimum absolute atomic E-state index is 0.0389. The molecule has 6 heteroatoms. The first-order valence-corrected chi connectivity index (χ1v) is 7.61. The molecule has 0 aliphatic rings. The molecule has 110 valence electrons. The van der Waals surface area contributed by atoms with E-state index in [-0.39, 0.29) is 5.41 Å². The van der Waals surface area contributed by atoms with Crippen molar-refractivity contribution >= 4 is 11.3 Å². The summed E-state index contributed by atoms with van der Waals surface area (Å²) in [5.74, 6) is 1.31. The Morgan fingerprint density at radius 2 is 2.00 bits per heavy atom. The molecule has 0 aromatic carbocycles. The Labute approximate surface area is 123 Å². The van der Waals surface area contributed by atoms with Crippen molar-refractivity contribution in [1.82, 2.24) is 20.4 Å². The first-order valence-electron chi connectivity index (χ1n) is 6.79. The fourth-order valence-electron chi connectivity index (χ4n) is 1.72. The zero-order valence-corrected chi connectivity index (χ0v) is 13.8. The van der Waals surface area contributed by atoms with Crippen LogP contribution in [0, 0.1) is 6.92 Å². The largest absolute Gasteiger partial charge is 0.333 e. The molecule has 0 amide bonds. The normalized spacial score (nSPS) is 13.7. The van der Waals surface area contributed by atoms with Gasteiger partial charge in [-0.15, -0.1) is 11.3 Å². The van der Waals surface area contributed by atoms with Crippen molar-refractivity contribution in [3.63, 3.8) is 0 Å². The van der Waals surface area contributed by atoms with Gasteiger partial charge in [0, 0.05) is 17.9 Å². The lowest BCUT2D eigenvalue weighted by atomic mass is 9.98. The lowest BCUT2D eigenvalue weighted by molar-refractivity contribution is 0.418.